The Morgan fingerprint density at radius 3 is 2.89 bits per heavy atom. The van der Waals surface area contributed by atoms with Crippen LogP contribution in [0.3, 0.4) is 0 Å². The van der Waals surface area contributed by atoms with Gasteiger partial charge in [-0.3, -0.25) is 4.79 Å². The van der Waals surface area contributed by atoms with Crippen molar-refractivity contribution in [2.45, 2.75) is 18.9 Å². The van der Waals surface area contributed by atoms with E-state index in [1.165, 1.54) is 0 Å². The van der Waals surface area contributed by atoms with E-state index in [9.17, 15) is 4.79 Å². The number of pyridine rings is 1. The highest BCUT2D eigenvalue weighted by Crippen LogP contribution is 2.33. The molecule has 3 aromatic heterocycles. The first-order valence-corrected chi connectivity index (χ1v) is 9.57. The van der Waals surface area contributed by atoms with Crippen molar-refractivity contribution in [3.63, 3.8) is 0 Å². The molecule has 1 aromatic carbocycles. The number of benzene rings is 1. The van der Waals surface area contributed by atoms with E-state index in [2.05, 4.69) is 14.7 Å². The zero-order chi connectivity index (χ0) is 19.1. The lowest BCUT2D eigenvalue weighted by Crippen LogP contribution is -2.31. The minimum atomic E-state index is -0.0420. The van der Waals surface area contributed by atoms with E-state index >= 15 is 0 Å². The number of aromatic nitrogens is 3. The van der Waals surface area contributed by atoms with Crippen LogP contribution in [0.15, 0.2) is 60.9 Å². The maximum Gasteiger partial charge on any atom is 0.273 e. The number of anilines is 1. The van der Waals surface area contributed by atoms with Crippen molar-refractivity contribution in [3.8, 4) is 0 Å². The number of carbonyl (C=O) groups excluding carboxylic acids is 1. The van der Waals surface area contributed by atoms with Crippen LogP contribution < -0.4 is 5.32 Å². The van der Waals surface area contributed by atoms with Gasteiger partial charge in [0.25, 0.3) is 5.91 Å². The molecule has 1 fully saturated rings. The summed E-state index contributed by atoms with van der Waals surface area (Å²) in [7, 11) is 1.87. The van der Waals surface area contributed by atoms with Crippen LogP contribution >= 0.6 is 0 Å². The van der Waals surface area contributed by atoms with Crippen molar-refractivity contribution < 1.29 is 4.79 Å². The molecule has 0 saturated carbocycles. The Bertz CT molecular complexity index is 1180. The van der Waals surface area contributed by atoms with E-state index in [4.69, 9.17) is 4.98 Å². The Morgan fingerprint density at radius 1 is 1.11 bits per heavy atom. The second kappa shape index (κ2) is 6.64. The van der Waals surface area contributed by atoms with E-state index in [1.54, 1.807) is 0 Å². The van der Waals surface area contributed by atoms with Crippen LogP contribution in [0.2, 0.25) is 0 Å². The van der Waals surface area contributed by atoms with Crippen LogP contribution in [0.4, 0.5) is 5.82 Å². The number of fused-ring (bicyclic) bond motifs is 2. The monoisotopic (exact) mass is 371 g/mol. The molecule has 6 nitrogen and oxygen atoms in total. The summed E-state index contributed by atoms with van der Waals surface area (Å²) in [5, 5.41) is 4.21. The predicted molar refractivity (Wildman–Crippen MR) is 109 cm³/mol. The molecule has 0 bridgehead atoms. The van der Waals surface area contributed by atoms with Gasteiger partial charge in [-0.05, 0) is 37.1 Å². The van der Waals surface area contributed by atoms with Crippen molar-refractivity contribution in [1.82, 2.24) is 19.3 Å². The number of rotatable bonds is 3. The largest absolute Gasteiger partial charge is 0.371 e. The van der Waals surface area contributed by atoms with Gasteiger partial charge < -0.3 is 14.6 Å². The van der Waals surface area contributed by atoms with Crippen LogP contribution in [0, 0.1) is 0 Å². The first-order chi connectivity index (χ1) is 13.7. The number of nitrogens with one attached hydrogen (secondary N) is 1. The van der Waals surface area contributed by atoms with Crippen molar-refractivity contribution in [3.05, 3.63) is 72.3 Å². The van der Waals surface area contributed by atoms with Gasteiger partial charge in [-0.2, -0.15) is 0 Å². The molecule has 4 heterocycles. The molecule has 0 spiro atoms. The molecular weight excluding hydrogens is 350 g/mol. The molecule has 1 atom stereocenters. The van der Waals surface area contributed by atoms with Crippen molar-refractivity contribution >= 4 is 28.1 Å². The maximum atomic E-state index is 13.3. The minimum Gasteiger partial charge on any atom is -0.371 e. The third-order valence-electron chi connectivity index (χ3n) is 5.44. The number of hydrogen-bond donors (Lipinski definition) is 1. The fourth-order valence-corrected chi connectivity index (χ4v) is 4.06. The molecule has 6 heteroatoms. The molecule has 28 heavy (non-hydrogen) atoms. The first kappa shape index (κ1) is 16.7. The molecular formula is C22H21N5O. The topological polar surface area (TPSA) is 62.5 Å². The molecule has 4 aromatic rings. The smallest absolute Gasteiger partial charge is 0.273 e. The highest BCUT2D eigenvalue weighted by Gasteiger charge is 2.32. The molecule has 1 amide bonds. The molecule has 1 N–H and O–H groups in total. The van der Waals surface area contributed by atoms with Crippen molar-refractivity contribution in [2.24, 2.45) is 0 Å². The third-order valence-corrected chi connectivity index (χ3v) is 5.44. The summed E-state index contributed by atoms with van der Waals surface area (Å²) in [6.45, 7) is 0.721. The number of likely N-dealkylation sites (tertiary alicyclic amines) is 1. The molecule has 1 saturated heterocycles. The highest BCUT2D eigenvalue weighted by molar-refractivity contribution is 5.95. The van der Waals surface area contributed by atoms with Gasteiger partial charge in [-0.25, -0.2) is 9.97 Å². The quantitative estimate of drug-likeness (QED) is 0.593. The molecule has 1 aliphatic heterocycles. The minimum absolute atomic E-state index is 0.0336. The van der Waals surface area contributed by atoms with Crippen LogP contribution in [0.25, 0.3) is 16.4 Å². The van der Waals surface area contributed by atoms with E-state index in [1.807, 2.05) is 72.9 Å². The Morgan fingerprint density at radius 2 is 2.00 bits per heavy atom. The summed E-state index contributed by atoms with van der Waals surface area (Å²) in [5.41, 5.74) is 3.26. The zero-order valence-corrected chi connectivity index (χ0v) is 15.7. The molecule has 0 radical (unpaired) electrons. The average Bonchev–Trinajstić information content (AvgIpc) is 3.41. The predicted octanol–water partition coefficient (Wildman–Crippen LogP) is 3.90. The van der Waals surface area contributed by atoms with Gasteiger partial charge in [0.15, 0.2) is 0 Å². The molecule has 140 valence electrons. The maximum absolute atomic E-state index is 13.3. The summed E-state index contributed by atoms with van der Waals surface area (Å²) in [6, 6.07) is 15.6. The summed E-state index contributed by atoms with van der Waals surface area (Å²) in [5.74, 6) is 0.791. The van der Waals surface area contributed by atoms with Gasteiger partial charge in [0.1, 0.15) is 11.5 Å². The Hall–Kier alpha value is -3.41. The zero-order valence-electron chi connectivity index (χ0n) is 15.7. The van der Waals surface area contributed by atoms with Crippen LogP contribution in [0.1, 0.15) is 35.1 Å². The fraction of sp³-hybridized carbons (Fsp3) is 0.227. The second-order valence-corrected chi connectivity index (χ2v) is 7.11. The van der Waals surface area contributed by atoms with Gasteiger partial charge >= 0.3 is 0 Å². The number of amides is 1. The second-order valence-electron chi connectivity index (χ2n) is 7.11. The SMILES string of the molecule is CNc1nc([C@H]2CCCN2C(=O)c2ccc3ccccc3n2)cn2cccc12. The van der Waals surface area contributed by atoms with Crippen LogP contribution in [-0.4, -0.2) is 38.8 Å². The molecule has 0 aliphatic carbocycles. The van der Waals surface area contributed by atoms with E-state index in [0.29, 0.717) is 5.69 Å². The summed E-state index contributed by atoms with van der Waals surface area (Å²) >= 11 is 0. The summed E-state index contributed by atoms with van der Waals surface area (Å²) in [4.78, 5) is 24.6. The standard InChI is InChI=1S/C22H21N5O/c1-23-21-20-9-4-12-26(20)14-18(25-21)19-8-5-13-27(19)22(28)17-11-10-15-6-2-3-7-16(15)24-17/h2-4,6-7,9-12,14,19H,5,8,13H2,1H3,(H,23,25)/t19-/m1/s1. The van der Waals surface area contributed by atoms with Gasteiger partial charge in [0, 0.05) is 31.4 Å². The first-order valence-electron chi connectivity index (χ1n) is 9.57. The number of para-hydroxylation sites is 1. The number of hydrogen-bond acceptors (Lipinski definition) is 4. The van der Waals surface area contributed by atoms with Crippen LogP contribution in [-0.2, 0) is 0 Å². The molecule has 1 aliphatic rings. The average molecular weight is 371 g/mol. The third kappa shape index (κ3) is 2.69. The Labute approximate surface area is 162 Å². The molecule has 0 unspecified atom stereocenters. The van der Waals surface area contributed by atoms with Gasteiger partial charge in [-0.1, -0.05) is 24.3 Å². The van der Waals surface area contributed by atoms with Gasteiger partial charge in [0.2, 0.25) is 0 Å². The highest BCUT2D eigenvalue weighted by atomic mass is 16.2. The lowest BCUT2D eigenvalue weighted by molar-refractivity contribution is 0.0727. The van der Waals surface area contributed by atoms with Gasteiger partial charge in [-0.15, -0.1) is 0 Å². The van der Waals surface area contributed by atoms with Crippen molar-refractivity contribution in [2.75, 3.05) is 18.9 Å². The molecule has 5 rings (SSSR count). The normalized spacial score (nSPS) is 16.8. The number of nitrogens with zero attached hydrogens (tertiary/aromatic N) is 4. The lowest BCUT2D eigenvalue weighted by Gasteiger charge is -2.24. The Kier molecular flexibility index (Phi) is 3.97. The number of carbonyl (C=O) groups is 1. The Balaban J connectivity index is 1.51. The lowest BCUT2D eigenvalue weighted by atomic mass is 10.1. The summed E-state index contributed by atoms with van der Waals surface area (Å²) in [6.07, 6.45) is 5.90. The van der Waals surface area contributed by atoms with E-state index in [-0.39, 0.29) is 11.9 Å². The van der Waals surface area contributed by atoms with E-state index in [0.717, 1.165) is 47.3 Å². The van der Waals surface area contributed by atoms with Gasteiger partial charge in [0.05, 0.1) is 22.8 Å². The van der Waals surface area contributed by atoms with E-state index < -0.39 is 0 Å². The summed E-state index contributed by atoms with van der Waals surface area (Å²) < 4.78 is 2.06. The van der Waals surface area contributed by atoms with Crippen molar-refractivity contribution in [1.29, 1.82) is 0 Å². The van der Waals surface area contributed by atoms with Crippen LogP contribution in [0.5, 0.6) is 0 Å². The fourth-order valence-electron chi connectivity index (χ4n) is 4.06.